The van der Waals surface area contributed by atoms with Crippen LogP contribution in [0.1, 0.15) is 15.9 Å². The SMILES string of the molecule is COCCOC(=O)c1ccc(N2C(=O)C(Cl)=C(c3ccc(OC)c(OC)c3)C2=O)cc1. The highest BCUT2D eigenvalue weighted by molar-refractivity contribution is 6.60. The van der Waals surface area contributed by atoms with Gasteiger partial charge in [-0.3, -0.25) is 9.59 Å². The number of esters is 1. The molecule has 8 nitrogen and oxygen atoms in total. The van der Waals surface area contributed by atoms with E-state index in [1.54, 1.807) is 18.2 Å². The molecule has 0 aliphatic carbocycles. The average molecular weight is 446 g/mol. The molecule has 1 heterocycles. The third kappa shape index (κ3) is 4.40. The van der Waals surface area contributed by atoms with Gasteiger partial charge in [0.1, 0.15) is 11.6 Å². The van der Waals surface area contributed by atoms with Gasteiger partial charge in [-0.2, -0.15) is 0 Å². The Kier molecular flexibility index (Phi) is 6.94. The van der Waals surface area contributed by atoms with Crippen molar-refractivity contribution in [3.63, 3.8) is 0 Å². The average Bonchev–Trinajstić information content (AvgIpc) is 3.01. The van der Waals surface area contributed by atoms with Gasteiger partial charge in [0, 0.05) is 7.11 Å². The van der Waals surface area contributed by atoms with Gasteiger partial charge in [0.25, 0.3) is 11.8 Å². The Hall–Kier alpha value is -3.36. The number of anilines is 1. The molecule has 2 aromatic rings. The van der Waals surface area contributed by atoms with E-state index in [1.807, 2.05) is 0 Å². The van der Waals surface area contributed by atoms with Crippen LogP contribution in [0, 0.1) is 0 Å². The minimum absolute atomic E-state index is 0.0515. The molecule has 3 rings (SSSR count). The van der Waals surface area contributed by atoms with Crippen LogP contribution in [-0.2, 0) is 19.1 Å². The number of halogens is 1. The molecule has 0 saturated carbocycles. The maximum Gasteiger partial charge on any atom is 0.338 e. The van der Waals surface area contributed by atoms with Gasteiger partial charge in [0.05, 0.1) is 37.7 Å². The van der Waals surface area contributed by atoms with Crippen molar-refractivity contribution in [2.45, 2.75) is 0 Å². The summed E-state index contributed by atoms with van der Waals surface area (Å²) < 4.78 is 20.3. The van der Waals surface area contributed by atoms with Crippen LogP contribution >= 0.6 is 11.6 Å². The number of carbonyl (C=O) groups is 3. The number of carbonyl (C=O) groups excluding carboxylic acids is 3. The van der Waals surface area contributed by atoms with Crippen LogP contribution in [0.25, 0.3) is 5.57 Å². The van der Waals surface area contributed by atoms with Crippen molar-refractivity contribution in [3.05, 3.63) is 58.6 Å². The van der Waals surface area contributed by atoms with E-state index in [1.165, 1.54) is 45.6 Å². The second kappa shape index (κ2) is 9.63. The lowest BCUT2D eigenvalue weighted by Gasteiger charge is -2.15. The van der Waals surface area contributed by atoms with Crippen LogP contribution in [0.15, 0.2) is 47.5 Å². The lowest BCUT2D eigenvalue weighted by molar-refractivity contribution is -0.119. The molecule has 0 radical (unpaired) electrons. The van der Waals surface area contributed by atoms with Gasteiger partial charge in [-0.15, -0.1) is 0 Å². The fourth-order valence-corrected chi connectivity index (χ4v) is 3.30. The van der Waals surface area contributed by atoms with Gasteiger partial charge >= 0.3 is 5.97 Å². The van der Waals surface area contributed by atoms with Gasteiger partial charge in [-0.05, 0) is 42.0 Å². The fourth-order valence-electron chi connectivity index (χ4n) is 3.03. The quantitative estimate of drug-likeness (QED) is 0.350. The molecule has 0 spiro atoms. The van der Waals surface area contributed by atoms with Crippen molar-refractivity contribution >= 4 is 40.6 Å². The number of ether oxygens (including phenoxy) is 4. The molecule has 31 heavy (non-hydrogen) atoms. The smallest absolute Gasteiger partial charge is 0.338 e. The summed E-state index contributed by atoms with van der Waals surface area (Å²) in [6.07, 6.45) is 0. The zero-order chi connectivity index (χ0) is 22.5. The molecule has 0 saturated heterocycles. The van der Waals surface area contributed by atoms with Gasteiger partial charge < -0.3 is 18.9 Å². The van der Waals surface area contributed by atoms with E-state index in [0.717, 1.165) is 4.90 Å². The second-order valence-corrected chi connectivity index (χ2v) is 6.76. The van der Waals surface area contributed by atoms with E-state index in [0.29, 0.717) is 17.1 Å². The number of benzene rings is 2. The maximum atomic E-state index is 13.1. The monoisotopic (exact) mass is 445 g/mol. The zero-order valence-electron chi connectivity index (χ0n) is 17.1. The normalized spacial score (nSPS) is 13.6. The van der Waals surface area contributed by atoms with Crippen molar-refractivity contribution in [1.82, 2.24) is 0 Å². The molecule has 0 unspecified atom stereocenters. The number of methoxy groups -OCH3 is 3. The standard InChI is InChI=1S/C22H20ClNO7/c1-28-10-11-31-22(27)13-4-7-15(8-5-13)24-20(25)18(19(23)21(24)26)14-6-9-16(29-2)17(12-14)30-3/h4-9,12H,10-11H2,1-3H3. The molecule has 0 N–H and O–H groups in total. The first-order valence-corrected chi connectivity index (χ1v) is 9.57. The molecular formula is C22H20ClNO7. The molecule has 2 amide bonds. The van der Waals surface area contributed by atoms with Crippen molar-refractivity contribution < 1.29 is 33.3 Å². The van der Waals surface area contributed by atoms with Gasteiger partial charge in [0.15, 0.2) is 11.5 Å². The minimum atomic E-state index is -0.660. The van der Waals surface area contributed by atoms with Gasteiger partial charge in [-0.25, -0.2) is 9.69 Å². The Morgan fingerprint density at radius 2 is 1.58 bits per heavy atom. The lowest BCUT2D eigenvalue weighted by Crippen LogP contribution is -2.31. The topological polar surface area (TPSA) is 91.4 Å². The summed E-state index contributed by atoms with van der Waals surface area (Å²) in [6, 6.07) is 10.7. The summed E-state index contributed by atoms with van der Waals surface area (Å²) in [5.41, 5.74) is 1.02. The molecule has 1 aliphatic heterocycles. The molecule has 0 atom stereocenters. The van der Waals surface area contributed by atoms with Crippen LogP contribution in [0.3, 0.4) is 0 Å². The number of hydrogen-bond donors (Lipinski definition) is 0. The van der Waals surface area contributed by atoms with Crippen molar-refractivity contribution in [1.29, 1.82) is 0 Å². The molecule has 0 bridgehead atoms. The number of hydrogen-bond acceptors (Lipinski definition) is 7. The van der Waals surface area contributed by atoms with E-state index in [-0.39, 0.29) is 35.1 Å². The predicted octanol–water partition coefficient (Wildman–Crippen LogP) is 3.03. The van der Waals surface area contributed by atoms with Crippen LogP contribution in [0.4, 0.5) is 5.69 Å². The Labute approximate surface area is 183 Å². The summed E-state index contributed by atoms with van der Waals surface area (Å²) >= 11 is 6.23. The van der Waals surface area contributed by atoms with Gasteiger partial charge in [0.2, 0.25) is 0 Å². The molecule has 0 fully saturated rings. The molecule has 0 aromatic heterocycles. The molecule has 9 heteroatoms. The summed E-state index contributed by atoms with van der Waals surface area (Å²) in [5, 5.41) is -0.208. The highest BCUT2D eigenvalue weighted by atomic mass is 35.5. The highest BCUT2D eigenvalue weighted by Gasteiger charge is 2.39. The summed E-state index contributed by atoms with van der Waals surface area (Å²) in [6.45, 7) is 0.401. The summed E-state index contributed by atoms with van der Waals surface area (Å²) in [4.78, 5) is 38.7. The van der Waals surface area contributed by atoms with E-state index in [2.05, 4.69) is 0 Å². The Balaban J connectivity index is 1.85. The molecule has 2 aromatic carbocycles. The zero-order valence-corrected chi connectivity index (χ0v) is 17.9. The second-order valence-electron chi connectivity index (χ2n) is 6.38. The Morgan fingerprint density at radius 1 is 0.903 bits per heavy atom. The third-order valence-electron chi connectivity index (χ3n) is 4.58. The van der Waals surface area contributed by atoms with Crippen molar-refractivity contribution in [3.8, 4) is 11.5 Å². The Morgan fingerprint density at radius 3 is 2.19 bits per heavy atom. The summed E-state index contributed by atoms with van der Waals surface area (Å²) in [7, 11) is 4.46. The molecule has 1 aliphatic rings. The number of amides is 2. The van der Waals surface area contributed by atoms with Crippen LogP contribution in [0.5, 0.6) is 11.5 Å². The lowest BCUT2D eigenvalue weighted by atomic mass is 10.1. The molecular weight excluding hydrogens is 426 g/mol. The van der Waals surface area contributed by atoms with Crippen molar-refractivity contribution in [2.75, 3.05) is 39.4 Å². The highest BCUT2D eigenvalue weighted by Crippen LogP contribution is 2.38. The number of nitrogens with zero attached hydrogens (tertiary/aromatic N) is 1. The molecule has 162 valence electrons. The maximum absolute atomic E-state index is 13.1. The first-order chi connectivity index (χ1) is 14.9. The number of imide groups is 1. The summed E-state index contributed by atoms with van der Waals surface area (Å²) in [5.74, 6) is -0.911. The third-order valence-corrected chi connectivity index (χ3v) is 4.93. The van der Waals surface area contributed by atoms with E-state index >= 15 is 0 Å². The van der Waals surface area contributed by atoms with E-state index in [4.69, 9.17) is 30.5 Å². The first-order valence-electron chi connectivity index (χ1n) is 9.20. The largest absolute Gasteiger partial charge is 0.493 e. The fraction of sp³-hybridized carbons (Fsp3) is 0.227. The van der Waals surface area contributed by atoms with Gasteiger partial charge in [-0.1, -0.05) is 17.7 Å². The van der Waals surface area contributed by atoms with E-state index in [9.17, 15) is 14.4 Å². The predicted molar refractivity (Wildman–Crippen MR) is 113 cm³/mol. The van der Waals surface area contributed by atoms with Crippen LogP contribution in [-0.4, -0.2) is 52.3 Å². The van der Waals surface area contributed by atoms with E-state index < -0.39 is 17.8 Å². The van der Waals surface area contributed by atoms with Crippen LogP contribution < -0.4 is 14.4 Å². The van der Waals surface area contributed by atoms with Crippen LogP contribution in [0.2, 0.25) is 0 Å². The first kappa shape index (κ1) is 22.3. The van der Waals surface area contributed by atoms with Crippen molar-refractivity contribution in [2.24, 2.45) is 0 Å². The number of rotatable bonds is 8. The Bertz CT molecular complexity index is 1050. The minimum Gasteiger partial charge on any atom is -0.493 e.